The maximum atomic E-state index is 13.0. The first-order chi connectivity index (χ1) is 15.0. The summed E-state index contributed by atoms with van der Waals surface area (Å²) in [6.07, 6.45) is 1.74. The average molecular weight is 428 g/mol. The van der Waals surface area contributed by atoms with E-state index in [1.165, 1.54) is 14.2 Å². The van der Waals surface area contributed by atoms with Crippen LogP contribution in [0, 0.1) is 0 Å². The molecule has 0 aromatic heterocycles. The fourth-order valence-corrected chi connectivity index (χ4v) is 3.85. The van der Waals surface area contributed by atoms with Crippen LogP contribution in [0.2, 0.25) is 0 Å². The summed E-state index contributed by atoms with van der Waals surface area (Å²) >= 11 is 0. The minimum Gasteiger partial charge on any atom is -0.497 e. The van der Waals surface area contributed by atoms with Gasteiger partial charge in [-0.3, -0.25) is 0 Å². The fraction of sp³-hybridized carbons (Fsp3) is 0.391. The fourth-order valence-electron chi connectivity index (χ4n) is 3.85. The number of carbonyl (C=O) groups excluding carboxylic acids is 2. The van der Waals surface area contributed by atoms with Crippen molar-refractivity contribution in [1.29, 1.82) is 0 Å². The largest absolute Gasteiger partial charge is 0.497 e. The summed E-state index contributed by atoms with van der Waals surface area (Å²) in [4.78, 5) is 26.8. The Morgan fingerprint density at radius 2 is 1.74 bits per heavy atom. The normalized spacial score (nSPS) is 15.4. The van der Waals surface area contributed by atoms with E-state index in [2.05, 4.69) is 5.32 Å². The molecule has 0 bridgehead atoms. The third kappa shape index (κ3) is 4.84. The molecule has 1 saturated heterocycles. The molecule has 8 heteroatoms. The lowest BCUT2D eigenvalue weighted by Crippen LogP contribution is -2.39. The molecule has 1 aliphatic rings. The third-order valence-corrected chi connectivity index (χ3v) is 5.42. The van der Waals surface area contributed by atoms with Crippen molar-refractivity contribution in [2.45, 2.75) is 25.4 Å². The van der Waals surface area contributed by atoms with E-state index < -0.39 is 5.97 Å². The first-order valence-corrected chi connectivity index (χ1v) is 10.0. The van der Waals surface area contributed by atoms with Gasteiger partial charge in [-0.15, -0.1) is 0 Å². The molecule has 31 heavy (non-hydrogen) atoms. The molecular weight excluding hydrogens is 400 g/mol. The van der Waals surface area contributed by atoms with Crippen molar-refractivity contribution in [1.82, 2.24) is 10.2 Å². The molecule has 0 radical (unpaired) electrons. The predicted molar refractivity (Wildman–Crippen MR) is 115 cm³/mol. The van der Waals surface area contributed by atoms with Crippen LogP contribution in [0.5, 0.6) is 17.2 Å². The van der Waals surface area contributed by atoms with Gasteiger partial charge in [0.1, 0.15) is 22.8 Å². The summed E-state index contributed by atoms with van der Waals surface area (Å²) in [7, 11) is 6.04. The molecule has 0 aliphatic carbocycles. The van der Waals surface area contributed by atoms with Gasteiger partial charge in [-0.1, -0.05) is 6.07 Å². The molecule has 1 heterocycles. The van der Waals surface area contributed by atoms with Crippen LogP contribution in [0.4, 0.5) is 4.79 Å². The van der Waals surface area contributed by atoms with E-state index in [4.69, 9.17) is 18.9 Å². The van der Waals surface area contributed by atoms with Crippen LogP contribution in [0.3, 0.4) is 0 Å². The molecule has 0 spiro atoms. The second-order valence-corrected chi connectivity index (χ2v) is 7.14. The molecule has 2 amide bonds. The number of ether oxygens (including phenoxy) is 4. The number of esters is 1. The Morgan fingerprint density at radius 3 is 2.42 bits per heavy atom. The van der Waals surface area contributed by atoms with Gasteiger partial charge < -0.3 is 29.2 Å². The molecule has 1 aliphatic heterocycles. The van der Waals surface area contributed by atoms with Crippen molar-refractivity contribution >= 4 is 12.0 Å². The molecule has 1 N–H and O–H groups in total. The second kappa shape index (κ2) is 10.1. The van der Waals surface area contributed by atoms with Crippen LogP contribution < -0.4 is 19.5 Å². The first kappa shape index (κ1) is 22.3. The van der Waals surface area contributed by atoms with E-state index in [1.54, 1.807) is 32.4 Å². The van der Waals surface area contributed by atoms with Crippen molar-refractivity contribution in [2.75, 3.05) is 35.0 Å². The molecule has 2 aromatic rings. The lowest BCUT2D eigenvalue weighted by atomic mass is 10.0. The topological polar surface area (TPSA) is 86.3 Å². The summed E-state index contributed by atoms with van der Waals surface area (Å²) in [6, 6.07) is 10.5. The first-order valence-electron chi connectivity index (χ1n) is 10.0. The summed E-state index contributed by atoms with van der Waals surface area (Å²) in [5.41, 5.74) is 2.01. The zero-order valence-electron chi connectivity index (χ0n) is 18.3. The Balaban J connectivity index is 1.74. The van der Waals surface area contributed by atoms with Gasteiger partial charge >= 0.3 is 12.0 Å². The van der Waals surface area contributed by atoms with Crippen molar-refractivity contribution in [2.24, 2.45) is 0 Å². The van der Waals surface area contributed by atoms with Crippen LogP contribution in [0.1, 0.15) is 40.4 Å². The zero-order chi connectivity index (χ0) is 22.4. The van der Waals surface area contributed by atoms with Gasteiger partial charge in [0.2, 0.25) is 0 Å². The molecular formula is C23H28N2O6. The number of likely N-dealkylation sites (tertiary alicyclic amines) is 1. The Morgan fingerprint density at radius 1 is 1.00 bits per heavy atom. The number of hydrogen-bond acceptors (Lipinski definition) is 6. The number of rotatable bonds is 7. The number of nitrogens with one attached hydrogen (secondary N) is 1. The van der Waals surface area contributed by atoms with Gasteiger partial charge in [-0.2, -0.15) is 0 Å². The number of hydrogen-bond donors (Lipinski definition) is 1. The Bertz CT molecular complexity index is 946. The third-order valence-electron chi connectivity index (χ3n) is 5.42. The second-order valence-electron chi connectivity index (χ2n) is 7.14. The van der Waals surface area contributed by atoms with E-state index in [0.717, 1.165) is 35.5 Å². The average Bonchev–Trinajstić information content (AvgIpc) is 3.31. The van der Waals surface area contributed by atoms with Crippen molar-refractivity contribution < 1.29 is 28.5 Å². The van der Waals surface area contributed by atoms with Crippen molar-refractivity contribution in [3.8, 4) is 17.2 Å². The quantitative estimate of drug-likeness (QED) is 0.679. The predicted octanol–water partition coefficient (Wildman–Crippen LogP) is 3.55. The highest BCUT2D eigenvalue weighted by molar-refractivity contribution is 5.92. The molecule has 0 saturated carbocycles. The van der Waals surface area contributed by atoms with Crippen LogP contribution in [-0.4, -0.2) is 51.9 Å². The lowest BCUT2D eigenvalue weighted by molar-refractivity contribution is 0.0597. The SMILES string of the molecule is COC(=O)c1cc(CNC(=O)N2CCCC2c2cc(OC)ccc2OC)ccc1OC. The van der Waals surface area contributed by atoms with Gasteiger partial charge in [0.25, 0.3) is 0 Å². The van der Waals surface area contributed by atoms with Crippen molar-refractivity contribution in [3.05, 3.63) is 53.1 Å². The van der Waals surface area contributed by atoms with E-state index in [9.17, 15) is 9.59 Å². The van der Waals surface area contributed by atoms with Crippen LogP contribution in [0.15, 0.2) is 36.4 Å². The Hall–Kier alpha value is -3.42. The number of carbonyl (C=O) groups is 2. The van der Waals surface area contributed by atoms with Gasteiger partial charge in [0.05, 0.1) is 34.5 Å². The molecule has 3 rings (SSSR count). The maximum Gasteiger partial charge on any atom is 0.341 e. The highest BCUT2D eigenvalue weighted by atomic mass is 16.5. The number of methoxy groups -OCH3 is 4. The van der Waals surface area contributed by atoms with Crippen LogP contribution >= 0.6 is 0 Å². The van der Waals surface area contributed by atoms with Crippen LogP contribution in [0.25, 0.3) is 0 Å². The number of nitrogens with zero attached hydrogens (tertiary/aromatic N) is 1. The zero-order valence-corrected chi connectivity index (χ0v) is 18.3. The Labute approximate surface area is 182 Å². The standard InChI is InChI=1S/C23H28N2O6/c1-28-16-8-10-20(29-2)17(13-16)19-6-5-11-25(19)23(27)24-14-15-7-9-21(30-3)18(12-15)22(26)31-4/h7-10,12-13,19H,5-6,11,14H2,1-4H3,(H,24,27). The summed E-state index contributed by atoms with van der Waals surface area (Å²) in [5.74, 6) is 1.38. The van der Waals surface area contributed by atoms with E-state index in [-0.39, 0.29) is 18.6 Å². The highest BCUT2D eigenvalue weighted by Crippen LogP contribution is 2.38. The molecule has 2 aromatic carbocycles. The Kier molecular flexibility index (Phi) is 7.23. The van der Waals surface area contributed by atoms with Gasteiger partial charge in [-0.05, 0) is 48.7 Å². The number of benzene rings is 2. The minimum atomic E-state index is -0.491. The van der Waals surface area contributed by atoms with Crippen molar-refractivity contribution in [3.63, 3.8) is 0 Å². The number of urea groups is 1. The molecule has 1 unspecified atom stereocenters. The molecule has 8 nitrogen and oxygen atoms in total. The van der Waals surface area contributed by atoms with Gasteiger partial charge in [-0.25, -0.2) is 9.59 Å². The summed E-state index contributed by atoms with van der Waals surface area (Å²) < 4.78 is 20.9. The smallest absolute Gasteiger partial charge is 0.341 e. The van der Waals surface area contributed by atoms with Gasteiger partial charge in [0, 0.05) is 18.7 Å². The molecule has 1 atom stereocenters. The number of amides is 2. The monoisotopic (exact) mass is 428 g/mol. The maximum absolute atomic E-state index is 13.0. The van der Waals surface area contributed by atoms with Crippen LogP contribution in [-0.2, 0) is 11.3 Å². The molecule has 1 fully saturated rings. The van der Waals surface area contributed by atoms with E-state index >= 15 is 0 Å². The lowest BCUT2D eigenvalue weighted by Gasteiger charge is -2.27. The summed E-state index contributed by atoms with van der Waals surface area (Å²) in [6.45, 7) is 0.915. The molecule has 166 valence electrons. The minimum absolute atomic E-state index is 0.105. The van der Waals surface area contributed by atoms with E-state index in [1.807, 2.05) is 23.1 Å². The summed E-state index contributed by atoms with van der Waals surface area (Å²) in [5, 5.41) is 2.95. The van der Waals surface area contributed by atoms with E-state index in [0.29, 0.717) is 17.9 Å². The van der Waals surface area contributed by atoms with Gasteiger partial charge in [0.15, 0.2) is 0 Å². The highest BCUT2D eigenvalue weighted by Gasteiger charge is 2.32.